The van der Waals surface area contributed by atoms with Gasteiger partial charge in [0.2, 0.25) is 5.79 Å². The van der Waals surface area contributed by atoms with Crippen LogP contribution in [0.15, 0.2) is 47.6 Å². The number of ether oxygens (including phenoxy) is 5. The van der Waals surface area contributed by atoms with Crippen LogP contribution in [0.4, 0.5) is 0 Å². The second kappa shape index (κ2) is 25.1. The summed E-state index contributed by atoms with van der Waals surface area (Å²) in [4.78, 5) is 71.8. The highest BCUT2D eigenvalue weighted by Gasteiger charge is 2.53. The topological polar surface area (TPSA) is 195 Å². The third kappa shape index (κ3) is 14.3. The fraction of sp³-hybridized carbons (Fsp3) is 0.745. The molecule has 65 heavy (non-hydrogen) atoms. The van der Waals surface area contributed by atoms with E-state index in [9.17, 15) is 39.3 Å². The number of amides is 1. The maximum atomic E-state index is 14.4. The number of nitrogens with zero attached hydrogens (tertiary/aromatic N) is 1. The van der Waals surface area contributed by atoms with Gasteiger partial charge in [0.1, 0.15) is 30.1 Å². The van der Waals surface area contributed by atoms with E-state index in [1.807, 2.05) is 58.1 Å². The minimum absolute atomic E-state index is 0.0193. The molecule has 0 radical (unpaired) electrons. The average molecular weight is 914 g/mol. The number of carbonyl (C=O) groups is 5. The molecule has 366 valence electrons. The smallest absolute Gasteiger partial charge is 0.329 e. The summed E-state index contributed by atoms with van der Waals surface area (Å²) in [6.07, 6.45) is 11.2. The number of esters is 1. The Morgan fingerprint density at radius 2 is 1.57 bits per heavy atom. The Hall–Kier alpha value is -3.37. The van der Waals surface area contributed by atoms with Crippen molar-refractivity contribution in [2.24, 2.45) is 35.5 Å². The fourth-order valence-corrected chi connectivity index (χ4v) is 10.1. The van der Waals surface area contributed by atoms with Crippen molar-refractivity contribution in [2.75, 3.05) is 27.9 Å². The second-order valence-electron chi connectivity index (χ2n) is 19.6. The number of methoxy groups -OCH3 is 3. The number of ketones is 3. The van der Waals surface area contributed by atoms with Gasteiger partial charge in [0.05, 0.1) is 24.4 Å². The van der Waals surface area contributed by atoms with Crippen LogP contribution in [0, 0.1) is 35.5 Å². The molecule has 3 fully saturated rings. The number of carbonyl (C=O) groups excluding carboxylic acids is 5. The maximum Gasteiger partial charge on any atom is 0.329 e. The van der Waals surface area contributed by atoms with Crippen molar-refractivity contribution >= 4 is 29.2 Å². The summed E-state index contributed by atoms with van der Waals surface area (Å²) in [5.41, 5.74) is 1.27. The summed E-state index contributed by atoms with van der Waals surface area (Å²) in [6.45, 7) is 12.7. The molecular formula is C51H79NO13. The Morgan fingerprint density at radius 3 is 2.25 bits per heavy atom. The highest BCUT2D eigenvalue weighted by atomic mass is 16.6. The van der Waals surface area contributed by atoms with E-state index in [1.54, 1.807) is 41.1 Å². The van der Waals surface area contributed by atoms with E-state index in [-0.39, 0.29) is 54.8 Å². The van der Waals surface area contributed by atoms with E-state index in [0.717, 1.165) is 12.0 Å². The van der Waals surface area contributed by atoms with Crippen molar-refractivity contribution in [3.05, 3.63) is 47.6 Å². The molecule has 0 aromatic heterocycles. The van der Waals surface area contributed by atoms with Gasteiger partial charge in [-0.1, -0.05) is 71.1 Å². The van der Waals surface area contributed by atoms with Crippen LogP contribution in [0.5, 0.6) is 0 Å². The molecule has 3 heterocycles. The van der Waals surface area contributed by atoms with Gasteiger partial charge < -0.3 is 43.9 Å². The number of rotatable bonds is 6. The molecule has 2 saturated heterocycles. The Kier molecular flexibility index (Phi) is 21.0. The lowest BCUT2D eigenvalue weighted by molar-refractivity contribution is -0.265. The lowest BCUT2D eigenvalue weighted by atomic mass is 9.78. The van der Waals surface area contributed by atoms with E-state index in [4.69, 9.17) is 23.7 Å². The molecule has 0 aromatic carbocycles. The van der Waals surface area contributed by atoms with Gasteiger partial charge in [-0.3, -0.25) is 19.2 Å². The molecule has 4 aliphatic rings. The molecule has 2 bridgehead atoms. The molecule has 14 heteroatoms. The van der Waals surface area contributed by atoms with Crippen LogP contribution in [0.1, 0.15) is 126 Å². The van der Waals surface area contributed by atoms with E-state index >= 15 is 0 Å². The van der Waals surface area contributed by atoms with Crippen LogP contribution in [-0.4, -0.2) is 132 Å². The van der Waals surface area contributed by atoms with Crippen LogP contribution in [-0.2, 0) is 47.7 Å². The van der Waals surface area contributed by atoms with Gasteiger partial charge in [-0.05, 0) is 107 Å². The lowest BCUT2D eigenvalue weighted by Gasteiger charge is -2.42. The highest BCUT2D eigenvalue weighted by Crippen LogP contribution is 2.38. The van der Waals surface area contributed by atoms with E-state index < -0.39 is 83.9 Å². The van der Waals surface area contributed by atoms with Crippen LogP contribution in [0.2, 0.25) is 0 Å². The van der Waals surface area contributed by atoms with Crippen LogP contribution >= 0.6 is 0 Å². The molecule has 14 nitrogen and oxygen atoms in total. The largest absolute Gasteiger partial charge is 0.460 e. The number of hydrogen-bond donors (Lipinski definition) is 3. The first-order chi connectivity index (χ1) is 30.7. The van der Waals surface area contributed by atoms with Gasteiger partial charge in [0.25, 0.3) is 11.7 Å². The number of piperidine rings is 1. The summed E-state index contributed by atoms with van der Waals surface area (Å²) >= 11 is 0. The van der Waals surface area contributed by atoms with Crippen molar-refractivity contribution < 1.29 is 63.0 Å². The second-order valence-corrected chi connectivity index (χ2v) is 19.6. The minimum atomic E-state index is -2.43. The number of Topliss-reactive ketones (excluding diaryl/α,β-unsaturated/α-hetero) is 3. The predicted molar refractivity (Wildman–Crippen MR) is 245 cm³/mol. The third-order valence-corrected chi connectivity index (χ3v) is 14.5. The van der Waals surface area contributed by atoms with Crippen molar-refractivity contribution in [3.63, 3.8) is 0 Å². The van der Waals surface area contributed by atoms with Gasteiger partial charge >= 0.3 is 5.97 Å². The normalized spacial score (nSPS) is 40.4. The van der Waals surface area contributed by atoms with Gasteiger partial charge in [-0.25, -0.2) is 4.79 Å². The average Bonchev–Trinajstić information content (AvgIpc) is 3.28. The number of hydrogen-bond acceptors (Lipinski definition) is 13. The number of aliphatic hydroxyl groups excluding tert-OH is 2. The highest BCUT2D eigenvalue weighted by molar-refractivity contribution is 6.39. The molecule has 3 N–H and O–H groups in total. The van der Waals surface area contributed by atoms with Gasteiger partial charge in [-0.15, -0.1) is 0 Å². The Bertz CT molecular complexity index is 1760. The van der Waals surface area contributed by atoms with Gasteiger partial charge in [-0.2, -0.15) is 0 Å². The maximum absolute atomic E-state index is 14.4. The monoisotopic (exact) mass is 914 g/mol. The number of cyclic esters (lactones) is 1. The number of aliphatic hydroxyl groups is 3. The zero-order chi connectivity index (χ0) is 48.2. The molecule has 1 aliphatic carbocycles. The number of fused-ring (bicyclic) bond motifs is 3. The SMILES string of the molecule is COC1CC(C[C@@H](C)[C@@H]2CC(=O)[C@H](C)/C=C(\C)[C@@H](O)C(OC)C(=O)C(C)C[C@H](C)/C=C/C=C/C=C(\C)[C@@H](OC)C[C@@H]3CC[C@@H](C)C(O)(O3)C(=O)C(=O)N3CCCCC3C(=O)O2)CC[C@H]1O. The summed E-state index contributed by atoms with van der Waals surface area (Å²) < 4.78 is 29.4. The first kappa shape index (κ1) is 54.2. The first-order valence-electron chi connectivity index (χ1n) is 23.9. The molecule has 0 aromatic rings. The van der Waals surface area contributed by atoms with Crippen LogP contribution in [0.25, 0.3) is 0 Å². The molecular weight excluding hydrogens is 835 g/mol. The summed E-state index contributed by atoms with van der Waals surface area (Å²) in [5.74, 6) is -7.96. The molecule has 3 aliphatic heterocycles. The standard InChI is InChI=1S/C51H79NO13/c1-30-16-12-11-13-17-31(2)42(61-8)28-38-21-19-36(7)51(60,65-38)48(57)49(58)52-23-15-14-18-39(52)50(59)64-43(33(4)26-37-20-22-40(53)44(27-37)62-9)29-41(54)32(3)25-35(6)46(56)47(63-10)45(55)34(5)24-30/h11-13,16-17,25,30,32-34,36-40,42-44,46-47,53,56,60H,14-15,18-24,26-29H2,1-10H3/b13-11+,16-12+,31-17+,35-25+/t30-,32-,33-,34?,36-,37?,38+,39?,40-,42+,43+,44?,46-,47?,51?/m1/s1. The van der Waals surface area contributed by atoms with Gasteiger partial charge in [0.15, 0.2) is 5.78 Å². The molecule has 4 rings (SSSR count). The van der Waals surface area contributed by atoms with Crippen molar-refractivity contribution in [2.45, 2.75) is 180 Å². The van der Waals surface area contributed by atoms with Crippen molar-refractivity contribution in [3.8, 4) is 0 Å². The Morgan fingerprint density at radius 1 is 0.846 bits per heavy atom. The molecule has 1 saturated carbocycles. The summed E-state index contributed by atoms with van der Waals surface area (Å²) in [7, 11) is 4.52. The van der Waals surface area contributed by atoms with Crippen molar-refractivity contribution in [1.82, 2.24) is 4.90 Å². The van der Waals surface area contributed by atoms with E-state index in [1.165, 1.54) is 12.0 Å². The zero-order valence-corrected chi connectivity index (χ0v) is 40.6. The lowest BCUT2D eigenvalue weighted by Crippen LogP contribution is -2.61. The van der Waals surface area contributed by atoms with Crippen LogP contribution in [0.3, 0.4) is 0 Å². The summed E-state index contributed by atoms with van der Waals surface area (Å²) in [5, 5.41) is 33.8. The number of allylic oxidation sites excluding steroid dienone is 6. The van der Waals surface area contributed by atoms with Crippen LogP contribution < -0.4 is 0 Å². The molecule has 15 atom stereocenters. The third-order valence-electron chi connectivity index (χ3n) is 14.5. The van der Waals surface area contributed by atoms with E-state index in [0.29, 0.717) is 63.4 Å². The molecule has 1 amide bonds. The molecule has 6 unspecified atom stereocenters. The zero-order valence-electron chi connectivity index (χ0n) is 40.6. The van der Waals surface area contributed by atoms with Crippen molar-refractivity contribution in [1.29, 1.82) is 0 Å². The molecule has 0 spiro atoms. The Labute approximate surface area is 387 Å². The van der Waals surface area contributed by atoms with Gasteiger partial charge in [0, 0.05) is 58.5 Å². The Balaban J connectivity index is 1.70. The quantitative estimate of drug-likeness (QED) is 0.156. The first-order valence-corrected chi connectivity index (χ1v) is 23.9. The minimum Gasteiger partial charge on any atom is -0.460 e. The fourth-order valence-electron chi connectivity index (χ4n) is 10.1. The predicted octanol–water partition coefficient (Wildman–Crippen LogP) is 6.18. The van der Waals surface area contributed by atoms with E-state index in [2.05, 4.69) is 0 Å². The summed E-state index contributed by atoms with van der Waals surface area (Å²) in [6, 6.07) is -1.14.